The van der Waals surface area contributed by atoms with Gasteiger partial charge < -0.3 is 15.0 Å². The van der Waals surface area contributed by atoms with E-state index in [0.29, 0.717) is 29.9 Å². The number of pyridine rings is 1. The molecule has 2 aromatic carbocycles. The zero-order valence-electron chi connectivity index (χ0n) is 20.0. The van der Waals surface area contributed by atoms with Crippen LogP contribution < -0.4 is 10.1 Å². The standard InChI is InChI=1S/C27H27N5O3/c1-17(2)23-13-22(7-8-24(23)35-3)30-26(33)19-5-4-18-10-11-31(14-21(18)12-19)27(34)20-6-9-25-28-16-29-32(25)15-20/h4-9,12-13,15-17H,10-11,14H2,1-3H3,(H,30,33). The number of amides is 2. The summed E-state index contributed by atoms with van der Waals surface area (Å²) in [5.74, 6) is 0.814. The SMILES string of the molecule is COc1ccc(NC(=O)c2ccc3c(c2)CN(C(=O)c2ccc4ncnn4c2)CC3)cc1C(C)C. The molecule has 5 rings (SSSR count). The topological polar surface area (TPSA) is 88.8 Å². The monoisotopic (exact) mass is 469 g/mol. The van der Waals surface area contributed by atoms with Gasteiger partial charge in [0.1, 0.15) is 12.1 Å². The van der Waals surface area contributed by atoms with Gasteiger partial charge in [0.2, 0.25) is 0 Å². The Hall–Kier alpha value is -4.20. The second kappa shape index (κ2) is 9.21. The lowest BCUT2D eigenvalue weighted by molar-refractivity contribution is 0.0734. The molecule has 8 heteroatoms. The fourth-order valence-corrected chi connectivity index (χ4v) is 4.46. The van der Waals surface area contributed by atoms with E-state index in [1.807, 2.05) is 36.4 Å². The van der Waals surface area contributed by atoms with Crippen LogP contribution in [0, 0.1) is 0 Å². The van der Waals surface area contributed by atoms with Crippen LogP contribution in [0.25, 0.3) is 5.65 Å². The number of carbonyl (C=O) groups is 2. The first-order chi connectivity index (χ1) is 16.9. The van der Waals surface area contributed by atoms with Gasteiger partial charge in [-0.25, -0.2) is 9.50 Å². The Morgan fingerprint density at radius 2 is 1.86 bits per heavy atom. The van der Waals surface area contributed by atoms with E-state index >= 15 is 0 Å². The van der Waals surface area contributed by atoms with Crippen molar-refractivity contribution in [3.05, 3.63) is 88.9 Å². The molecule has 4 aromatic rings. The summed E-state index contributed by atoms with van der Waals surface area (Å²) in [5.41, 5.74) is 5.70. The van der Waals surface area contributed by atoms with Crippen molar-refractivity contribution in [3.63, 3.8) is 0 Å². The van der Waals surface area contributed by atoms with Gasteiger partial charge in [0.25, 0.3) is 11.8 Å². The Kier molecular flexibility index (Phi) is 5.94. The average molecular weight is 470 g/mol. The second-order valence-corrected chi connectivity index (χ2v) is 9.01. The van der Waals surface area contributed by atoms with Gasteiger partial charge in [0.05, 0.1) is 12.7 Å². The van der Waals surface area contributed by atoms with E-state index in [-0.39, 0.29) is 17.7 Å². The average Bonchev–Trinajstić information content (AvgIpc) is 3.35. The highest BCUT2D eigenvalue weighted by molar-refractivity contribution is 6.04. The molecule has 0 fully saturated rings. The van der Waals surface area contributed by atoms with Crippen LogP contribution in [-0.2, 0) is 13.0 Å². The van der Waals surface area contributed by atoms with Crippen LogP contribution in [0.15, 0.2) is 61.1 Å². The van der Waals surface area contributed by atoms with Crippen molar-refractivity contribution in [2.45, 2.75) is 32.7 Å². The largest absolute Gasteiger partial charge is 0.496 e. The third-order valence-electron chi connectivity index (χ3n) is 6.40. The summed E-state index contributed by atoms with van der Waals surface area (Å²) >= 11 is 0. The predicted molar refractivity (Wildman–Crippen MR) is 133 cm³/mol. The quantitative estimate of drug-likeness (QED) is 0.471. The molecule has 0 unspecified atom stereocenters. The smallest absolute Gasteiger partial charge is 0.255 e. The molecular formula is C27H27N5O3. The Morgan fingerprint density at radius 3 is 2.66 bits per heavy atom. The number of hydrogen-bond acceptors (Lipinski definition) is 5. The van der Waals surface area contributed by atoms with E-state index in [9.17, 15) is 9.59 Å². The predicted octanol–water partition coefficient (Wildman–Crippen LogP) is 4.31. The number of ether oxygens (including phenoxy) is 1. The van der Waals surface area contributed by atoms with Crippen LogP contribution in [0.1, 0.15) is 57.2 Å². The van der Waals surface area contributed by atoms with Crippen LogP contribution in [0.4, 0.5) is 5.69 Å². The number of carbonyl (C=O) groups excluding carboxylic acids is 2. The summed E-state index contributed by atoms with van der Waals surface area (Å²) in [6.45, 7) is 5.25. The van der Waals surface area contributed by atoms with Crippen LogP contribution in [-0.4, -0.2) is 45.0 Å². The van der Waals surface area contributed by atoms with Gasteiger partial charge in [-0.05, 0) is 71.5 Å². The highest BCUT2D eigenvalue weighted by atomic mass is 16.5. The number of hydrogen-bond donors (Lipinski definition) is 1. The number of anilines is 1. The summed E-state index contributed by atoms with van der Waals surface area (Å²) in [7, 11) is 1.65. The molecule has 1 aliphatic rings. The summed E-state index contributed by atoms with van der Waals surface area (Å²) in [6.07, 6.45) is 3.90. The number of nitrogens with one attached hydrogen (secondary N) is 1. The van der Waals surface area contributed by atoms with E-state index in [1.165, 1.54) is 6.33 Å². The van der Waals surface area contributed by atoms with E-state index in [0.717, 1.165) is 34.5 Å². The highest BCUT2D eigenvalue weighted by Gasteiger charge is 2.23. The number of nitrogens with zero attached hydrogens (tertiary/aromatic N) is 4. The maximum atomic E-state index is 13.1. The molecule has 8 nitrogen and oxygen atoms in total. The van der Waals surface area contributed by atoms with E-state index in [1.54, 1.807) is 34.9 Å². The van der Waals surface area contributed by atoms with Crippen molar-refractivity contribution in [3.8, 4) is 5.75 Å². The van der Waals surface area contributed by atoms with Gasteiger partial charge in [0, 0.05) is 30.5 Å². The summed E-state index contributed by atoms with van der Waals surface area (Å²) < 4.78 is 7.03. The minimum absolute atomic E-state index is 0.0673. The molecule has 0 atom stereocenters. The lowest BCUT2D eigenvalue weighted by atomic mass is 9.96. The molecular weight excluding hydrogens is 442 g/mol. The van der Waals surface area contributed by atoms with Crippen molar-refractivity contribution in [1.29, 1.82) is 0 Å². The number of fused-ring (bicyclic) bond motifs is 2. The van der Waals surface area contributed by atoms with Gasteiger partial charge >= 0.3 is 0 Å². The van der Waals surface area contributed by atoms with Crippen LogP contribution in [0.5, 0.6) is 5.75 Å². The van der Waals surface area contributed by atoms with Crippen molar-refractivity contribution >= 4 is 23.1 Å². The molecule has 0 aliphatic carbocycles. The third kappa shape index (κ3) is 4.47. The maximum Gasteiger partial charge on any atom is 0.255 e. The molecule has 2 aromatic heterocycles. The molecule has 1 N–H and O–H groups in total. The van der Waals surface area contributed by atoms with Crippen molar-refractivity contribution < 1.29 is 14.3 Å². The summed E-state index contributed by atoms with van der Waals surface area (Å²) in [5, 5.41) is 7.11. The lowest BCUT2D eigenvalue weighted by Crippen LogP contribution is -2.36. The molecule has 0 bridgehead atoms. The Labute approximate surface area is 203 Å². The molecule has 2 amide bonds. The first-order valence-electron chi connectivity index (χ1n) is 11.6. The fraction of sp³-hybridized carbons (Fsp3) is 0.259. The number of rotatable bonds is 5. The summed E-state index contributed by atoms with van der Waals surface area (Å²) in [4.78, 5) is 32.1. The normalized spacial score (nSPS) is 13.1. The zero-order valence-corrected chi connectivity index (χ0v) is 20.0. The van der Waals surface area contributed by atoms with Gasteiger partial charge in [-0.1, -0.05) is 19.9 Å². The maximum absolute atomic E-state index is 13.1. The van der Waals surface area contributed by atoms with Crippen LogP contribution in [0.3, 0.4) is 0 Å². The van der Waals surface area contributed by atoms with Gasteiger partial charge in [-0.2, -0.15) is 5.10 Å². The molecule has 0 saturated carbocycles. The molecule has 1 aliphatic heterocycles. The lowest BCUT2D eigenvalue weighted by Gasteiger charge is -2.29. The van der Waals surface area contributed by atoms with Crippen LogP contribution >= 0.6 is 0 Å². The van der Waals surface area contributed by atoms with Gasteiger partial charge in [0.15, 0.2) is 5.65 Å². The van der Waals surface area contributed by atoms with E-state index < -0.39 is 0 Å². The van der Waals surface area contributed by atoms with Crippen molar-refractivity contribution in [2.75, 3.05) is 19.0 Å². The molecule has 35 heavy (non-hydrogen) atoms. The minimum Gasteiger partial charge on any atom is -0.496 e. The van der Waals surface area contributed by atoms with E-state index in [4.69, 9.17) is 4.74 Å². The zero-order chi connectivity index (χ0) is 24.5. The fourth-order valence-electron chi connectivity index (χ4n) is 4.46. The number of aromatic nitrogens is 3. The Balaban J connectivity index is 1.33. The molecule has 3 heterocycles. The second-order valence-electron chi connectivity index (χ2n) is 9.01. The summed E-state index contributed by atoms with van der Waals surface area (Å²) in [6, 6.07) is 14.9. The first-order valence-corrected chi connectivity index (χ1v) is 11.6. The minimum atomic E-state index is -0.187. The van der Waals surface area contributed by atoms with Crippen molar-refractivity contribution in [1.82, 2.24) is 19.5 Å². The Morgan fingerprint density at radius 1 is 1.03 bits per heavy atom. The molecule has 0 saturated heterocycles. The number of benzene rings is 2. The molecule has 0 radical (unpaired) electrons. The highest BCUT2D eigenvalue weighted by Crippen LogP contribution is 2.29. The van der Waals surface area contributed by atoms with E-state index in [2.05, 4.69) is 29.2 Å². The van der Waals surface area contributed by atoms with Gasteiger partial charge in [-0.3, -0.25) is 9.59 Å². The molecule has 178 valence electrons. The van der Waals surface area contributed by atoms with Crippen molar-refractivity contribution in [2.24, 2.45) is 0 Å². The van der Waals surface area contributed by atoms with Gasteiger partial charge in [-0.15, -0.1) is 0 Å². The third-order valence-corrected chi connectivity index (χ3v) is 6.40. The Bertz CT molecular complexity index is 1430. The van der Waals surface area contributed by atoms with Crippen LogP contribution in [0.2, 0.25) is 0 Å². The number of methoxy groups -OCH3 is 1. The first kappa shape index (κ1) is 22.6. The molecule has 0 spiro atoms.